The van der Waals surface area contributed by atoms with Crippen LogP contribution in [0.3, 0.4) is 0 Å². The van der Waals surface area contributed by atoms with E-state index in [1.165, 1.54) is 11.8 Å². The highest BCUT2D eigenvalue weighted by Gasteiger charge is 2.09. The van der Waals surface area contributed by atoms with E-state index in [1.54, 1.807) is 17.0 Å². The largest absolute Gasteiger partial charge is 0.444 e. The van der Waals surface area contributed by atoms with Gasteiger partial charge in [-0.25, -0.2) is 14.5 Å². The van der Waals surface area contributed by atoms with Crippen molar-refractivity contribution in [3.8, 4) is 11.5 Å². The zero-order valence-electron chi connectivity index (χ0n) is 11.8. The van der Waals surface area contributed by atoms with E-state index < -0.39 is 0 Å². The zero-order valence-corrected chi connectivity index (χ0v) is 13.3. The first-order valence-corrected chi connectivity index (χ1v) is 8.15. The van der Waals surface area contributed by atoms with Gasteiger partial charge in [-0.15, -0.1) is 5.10 Å². The fourth-order valence-corrected chi connectivity index (χ4v) is 2.84. The summed E-state index contributed by atoms with van der Waals surface area (Å²) >= 11 is 7.36. The first-order valence-electron chi connectivity index (χ1n) is 6.78. The number of aromatic nitrogens is 5. The lowest BCUT2D eigenvalue weighted by Crippen LogP contribution is -1.87. The van der Waals surface area contributed by atoms with Crippen molar-refractivity contribution in [1.82, 2.24) is 24.6 Å². The van der Waals surface area contributed by atoms with Crippen LogP contribution in [0.4, 0.5) is 0 Å². The van der Waals surface area contributed by atoms with Crippen molar-refractivity contribution >= 4 is 29.1 Å². The summed E-state index contributed by atoms with van der Waals surface area (Å²) < 4.78 is 7.16. The lowest BCUT2D eigenvalue weighted by Gasteiger charge is -1.94. The van der Waals surface area contributed by atoms with Gasteiger partial charge in [0.05, 0.1) is 5.69 Å². The Morgan fingerprint density at radius 1 is 1.17 bits per heavy atom. The van der Waals surface area contributed by atoms with Crippen LogP contribution in [0.25, 0.3) is 17.2 Å². The lowest BCUT2D eigenvalue weighted by atomic mass is 10.2. The highest BCUT2D eigenvalue weighted by Crippen LogP contribution is 2.24. The molecule has 3 heterocycles. The molecule has 4 rings (SSSR count). The molecular formula is C15H10ClN5OS. The molecule has 6 nitrogen and oxygen atoms in total. The van der Waals surface area contributed by atoms with Gasteiger partial charge in [0, 0.05) is 28.7 Å². The van der Waals surface area contributed by atoms with E-state index in [1.807, 2.05) is 36.5 Å². The number of thioether (sulfide) groups is 1. The second kappa shape index (κ2) is 6.02. The fraction of sp³-hybridized carbons (Fsp3) is 0.0667. The maximum Gasteiger partial charge on any atom is 0.253 e. The van der Waals surface area contributed by atoms with Gasteiger partial charge in [0.25, 0.3) is 5.78 Å². The van der Waals surface area contributed by atoms with Crippen molar-refractivity contribution in [2.24, 2.45) is 0 Å². The van der Waals surface area contributed by atoms with Crippen LogP contribution in [-0.4, -0.2) is 24.6 Å². The van der Waals surface area contributed by atoms with Crippen LogP contribution >= 0.6 is 23.4 Å². The van der Waals surface area contributed by atoms with Crippen LogP contribution in [0.1, 0.15) is 5.69 Å². The molecule has 0 saturated carbocycles. The van der Waals surface area contributed by atoms with Gasteiger partial charge in [0.2, 0.25) is 11.0 Å². The third kappa shape index (κ3) is 3.06. The number of halogens is 1. The molecular weight excluding hydrogens is 334 g/mol. The van der Waals surface area contributed by atoms with Gasteiger partial charge in [-0.05, 0) is 30.3 Å². The van der Waals surface area contributed by atoms with Gasteiger partial charge in [0.15, 0.2) is 0 Å². The minimum absolute atomic E-state index is 0.571. The van der Waals surface area contributed by atoms with Gasteiger partial charge in [-0.3, -0.25) is 0 Å². The monoisotopic (exact) mass is 343 g/mol. The predicted octanol–water partition coefficient (Wildman–Crippen LogP) is 3.73. The minimum atomic E-state index is 0.571. The Hall–Kier alpha value is -2.38. The molecule has 3 aromatic heterocycles. The summed E-state index contributed by atoms with van der Waals surface area (Å²) in [4.78, 5) is 12.9. The molecule has 0 aliphatic rings. The van der Waals surface area contributed by atoms with Crippen LogP contribution in [0.15, 0.2) is 58.6 Å². The third-order valence-corrected chi connectivity index (χ3v) is 4.21. The van der Waals surface area contributed by atoms with Crippen molar-refractivity contribution < 1.29 is 4.42 Å². The molecule has 0 atom stereocenters. The summed E-state index contributed by atoms with van der Waals surface area (Å²) in [7, 11) is 0. The average Bonchev–Trinajstić information content (AvgIpc) is 3.20. The average molecular weight is 344 g/mol. The van der Waals surface area contributed by atoms with Crippen LogP contribution in [0, 0.1) is 0 Å². The molecule has 0 saturated heterocycles. The summed E-state index contributed by atoms with van der Waals surface area (Å²) in [6, 6.07) is 9.18. The first kappa shape index (κ1) is 14.2. The smallest absolute Gasteiger partial charge is 0.253 e. The number of rotatable bonds is 4. The highest BCUT2D eigenvalue weighted by molar-refractivity contribution is 7.98. The number of hydrogen-bond acceptors (Lipinski definition) is 6. The molecule has 0 fully saturated rings. The molecule has 0 aliphatic carbocycles. The van der Waals surface area contributed by atoms with Crippen molar-refractivity contribution in [3.05, 3.63) is 59.7 Å². The van der Waals surface area contributed by atoms with Gasteiger partial charge in [-0.1, -0.05) is 23.4 Å². The van der Waals surface area contributed by atoms with E-state index in [-0.39, 0.29) is 0 Å². The van der Waals surface area contributed by atoms with Crippen LogP contribution in [0.5, 0.6) is 0 Å². The molecule has 0 bridgehead atoms. The lowest BCUT2D eigenvalue weighted by molar-refractivity contribution is 0.573. The molecule has 0 aliphatic heterocycles. The third-order valence-electron chi connectivity index (χ3n) is 3.09. The van der Waals surface area contributed by atoms with Crippen molar-refractivity contribution in [2.45, 2.75) is 10.9 Å². The van der Waals surface area contributed by atoms with Crippen molar-refractivity contribution in [3.63, 3.8) is 0 Å². The zero-order chi connectivity index (χ0) is 15.6. The van der Waals surface area contributed by atoms with Crippen LogP contribution in [0.2, 0.25) is 5.02 Å². The van der Waals surface area contributed by atoms with Gasteiger partial charge >= 0.3 is 0 Å². The predicted molar refractivity (Wildman–Crippen MR) is 87.3 cm³/mol. The van der Waals surface area contributed by atoms with Crippen LogP contribution < -0.4 is 0 Å². The molecule has 0 N–H and O–H groups in total. The van der Waals surface area contributed by atoms with E-state index in [4.69, 9.17) is 16.0 Å². The van der Waals surface area contributed by atoms with E-state index >= 15 is 0 Å². The van der Waals surface area contributed by atoms with Gasteiger partial charge in [-0.2, -0.15) is 4.98 Å². The molecule has 0 unspecified atom stereocenters. The van der Waals surface area contributed by atoms with Crippen molar-refractivity contribution in [2.75, 3.05) is 0 Å². The Labute approximate surface area is 140 Å². The van der Waals surface area contributed by atoms with Gasteiger partial charge < -0.3 is 4.42 Å². The standard InChI is InChI=1S/C15H10ClN5OS/c16-11-4-2-10(3-5-11)13-18-12(8-22-13)9-23-15-19-14-17-6-1-7-21(14)20-15/h1-8H,9H2. The first-order chi connectivity index (χ1) is 11.3. The van der Waals surface area contributed by atoms with Gasteiger partial charge in [0.1, 0.15) is 6.26 Å². The number of nitrogens with zero attached hydrogens (tertiary/aromatic N) is 5. The summed E-state index contributed by atoms with van der Waals surface area (Å²) in [5.41, 5.74) is 1.72. The Morgan fingerprint density at radius 2 is 2.04 bits per heavy atom. The summed E-state index contributed by atoms with van der Waals surface area (Å²) in [6.07, 6.45) is 5.15. The maximum atomic E-state index is 5.88. The Kier molecular flexibility index (Phi) is 3.72. The highest BCUT2D eigenvalue weighted by atomic mass is 35.5. The van der Waals surface area contributed by atoms with E-state index in [9.17, 15) is 0 Å². The molecule has 8 heteroatoms. The topological polar surface area (TPSA) is 69.1 Å². The second-order valence-corrected chi connectivity index (χ2v) is 6.08. The SMILES string of the molecule is Clc1ccc(-c2nc(CSc3nc4ncccn4n3)co2)cc1. The maximum absolute atomic E-state index is 5.88. The van der Waals surface area contributed by atoms with E-state index in [0.29, 0.717) is 27.6 Å². The van der Waals surface area contributed by atoms with E-state index in [0.717, 1.165) is 11.3 Å². The fourth-order valence-electron chi connectivity index (χ4n) is 2.01. The second-order valence-electron chi connectivity index (χ2n) is 4.70. The number of benzene rings is 1. The molecule has 1 aromatic carbocycles. The molecule has 0 spiro atoms. The number of hydrogen-bond donors (Lipinski definition) is 0. The summed E-state index contributed by atoms with van der Waals surface area (Å²) in [6.45, 7) is 0. The molecule has 4 aromatic rings. The number of oxazole rings is 1. The number of fused-ring (bicyclic) bond motifs is 1. The summed E-state index contributed by atoms with van der Waals surface area (Å²) in [5.74, 6) is 1.77. The summed E-state index contributed by atoms with van der Waals surface area (Å²) in [5, 5.41) is 5.67. The minimum Gasteiger partial charge on any atom is -0.444 e. The quantitative estimate of drug-likeness (QED) is 0.526. The Balaban J connectivity index is 1.48. The molecule has 23 heavy (non-hydrogen) atoms. The van der Waals surface area contributed by atoms with E-state index in [2.05, 4.69) is 20.1 Å². The van der Waals surface area contributed by atoms with Crippen molar-refractivity contribution in [1.29, 1.82) is 0 Å². The molecule has 0 amide bonds. The normalized spacial score (nSPS) is 11.2. The molecule has 114 valence electrons. The van der Waals surface area contributed by atoms with Crippen LogP contribution in [-0.2, 0) is 5.75 Å². The molecule has 0 radical (unpaired) electrons. The Bertz CT molecular complexity index is 917. The Morgan fingerprint density at radius 3 is 2.87 bits per heavy atom.